The molecule has 674 valence electrons. The number of rotatable bonds is 10. The zero-order chi connectivity index (χ0) is 94.6. The number of para-hydroxylation sites is 8. The second kappa shape index (κ2) is 45.4. The highest BCUT2D eigenvalue weighted by atomic mass is 16.5. The van der Waals surface area contributed by atoms with Gasteiger partial charge in [0, 0.05) is 40.3 Å². The molecule has 7 heterocycles. The van der Waals surface area contributed by atoms with E-state index in [-0.39, 0.29) is 63.8 Å². The van der Waals surface area contributed by atoms with Gasteiger partial charge in [-0.05, 0) is 124 Å². The third kappa shape index (κ3) is 23.4. The molecular formula is C120H92O17. The topological polar surface area (TPSA) is 263 Å². The van der Waals surface area contributed by atoms with Gasteiger partial charge in [0.1, 0.15) is 81.9 Å². The summed E-state index contributed by atoms with van der Waals surface area (Å²) < 4.78 is 40.2. The minimum absolute atomic E-state index is 0.00861. The van der Waals surface area contributed by atoms with Gasteiger partial charge in [-0.1, -0.05) is 370 Å². The number of aliphatic hydroxyl groups excluding tert-OH is 3. The van der Waals surface area contributed by atoms with Crippen LogP contribution in [0.15, 0.2) is 495 Å². The molecule has 4 aliphatic heterocycles. The zero-order valence-electron chi connectivity index (χ0n) is 74.0. The molecule has 17 heteroatoms. The summed E-state index contributed by atoms with van der Waals surface area (Å²) in [6.07, 6.45) is 8.11. The van der Waals surface area contributed by atoms with Gasteiger partial charge in [0.15, 0.2) is 39.7 Å². The summed E-state index contributed by atoms with van der Waals surface area (Å²) in [5.74, 6) is 3.68. The van der Waals surface area contributed by atoms with Crippen LogP contribution in [0.25, 0.3) is 84.6 Å². The Bertz CT molecular complexity index is 7600. The van der Waals surface area contributed by atoms with E-state index in [1.807, 2.05) is 322 Å². The summed E-state index contributed by atoms with van der Waals surface area (Å²) in [6.45, 7) is 0. The molecule has 0 aliphatic carbocycles. The number of aromatic hydroxyl groups is 2. The van der Waals surface area contributed by atoms with E-state index in [0.29, 0.717) is 96.6 Å². The summed E-state index contributed by atoms with van der Waals surface area (Å²) in [4.78, 5) is 60.0. The van der Waals surface area contributed by atoms with Gasteiger partial charge in [-0.3, -0.25) is 24.0 Å². The molecule has 0 saturated carbocycles. The highest BCUT2D eigenvalue weighted by Gasteiger charge is 2.32. The van der Waals surface area contributed by atoms with Gasteiger partial charge >= 0.3 is 0 Å². The van der Waals surface area contributed by atoms with E-state index in [4.69, 9.17) is 32.2 Å². The van der Waals surface area contributed by atoms with Gasteiger partial charge in [0.25, 0.3) is 0 Å². The fourth-order valence-corrected chi connectivity index (χ4v) is 15.5. The van der Waals surface area contributed by atoms with Crippen LogP contribution >= 0.6 is 0 Å². The van der Waals surface area contributed by atoms with Crippen molar-refractivity contribution >= 4 is 62.4 Å². The Morgan fingerprint density at radius 2 is 0.869 bits per heavy atom. The smallest absolute Gasteiger partial charge is 0.235 e. The maximum Gasteiger partial charge on any atom is 0.235 e. The Morgan fingerprint density at radius 1 is 0.380 bits per heavy atom. The molecule has 19 aromatic rings. The molecule has 0 radical (unpaired) electrons. The first-order valence-corrected chi connectivity index (χ1v) is 44.4. The highest BCUT2D eigenvalue weighted by Crippen LogP contribution is 2.42. The van der Waals surface area contributed by atoms with E-state index in [1.54, 1.807) is 97.1 Å². The molecule has 5 atom stereocenters. The van der Waals surface area contributed by atoms with Crippen LogP contribution in [0.5, 0.6) is 34.5 Å². The Morgan fingerprint density at radius 3 is 1.52 bits per heavy atom. The van der Waals surface area contributed by atoms with Gasteiger partial charge in [0.05, 0.1) is 45.4 Å². The number of aliphatic hydroxyl groups is 3. The molecule has 23 rings (SSSR count). The number of carbonyl (C=O) groups is 2. The molecule has 0 amide bonds. The summed E-state index contributed by atoms with van der Waals surface area (Å²) in [6, 6.07) is 137. The number of phenols is 1. The minimum Gasteiger partial charge on any atom is -0.507 e. The second-order valence-electron chi connectivity index (χ2n) is 31.7. The van der Waals surface area contributed by atoms with Gasteiger partial charge in [-0.25, -0.2) is 0 Å². The number of ketones is 2. The summed E-state index contributed by atoms with van der Waals surface area (Å²) in [5.41, 5.74) is 13.2. The van der Waals surface area contributed by atoms with Crippen molar-refractivity contribution in [3.05, 3.63) is 553 Å². The molecule has 3 aromatic heterocycles. The van der Waals surface area contributed by atoms with Crippen LogP contribution < -0.4 is 35.2 Å². The molecule has 0 bridgehead atoms. The van der Waals surface area contributed by atoms with E-state index in [1.165, 1.54) is 30.0 Å². The number of benzene rings is 16. The quantitative estimate of drug-likeness (QED) is 0.0629. The number of Topliss-reactive ketones (excluding diaryl/α,β-unsaturated/α-hetero) is 1. The van der Waals surface area contributed by atoms with Crippen molar-refractivity contribution in [2.75, 3.05) is 0 Å². The zero-order valence-corrected chi connectivity index (χ0v) is 74.0. The Kier molecular flexibility index (Phi) is 30.6. The number of fused-ring (bicyclic) bond motifs is 7. The summed E-state index contributed by atoms with van der Waals surface area (Å²) in [7, 11) is 0. The maximum atomic E-state index is 12.3. The molecule has 17 nitrogen and oxygen atoms in total. The van der Waals surface area contributed by atoms with Crippen LogP contribution in [0.1, 0.15) is 96.1 Å². The molecule has 137 heavy (non-hydrogen) atoms. The molecule has 16 aromatic carbocycles. The SMILES string of the molecule is C1=CC(c2ccccc2)Oc2ccccc21.O=C(/C=C/c1ccccc1)c1ccccc1O.O=C1CC(c2ccccc2)Oc2ccccc21.O=c1c(-c2ccccc2)coc2ccccc12.O=c1c(O)c(-c2ccccc2)oc2ccccc12.O=c1cc(-c2ccccc2)oc2ccccc12.OC1=C(c2ccccc2)Oc2ccccc2C1O.OC1Cc2ccccc2OC1c1ccccc1. The fourth-order valence-electron chi connectivity index (χ4n) is 15.5. The van der Waals surface area contributed by atoms with Crippen molar-refractivity contribution in [2.24, 2.45) is 0 Å². The fraction of sp³-hybridized carbons (Fsp3) is 0.0583. The number of hydrogen-bond acceptors (Lipinski definition) is 17. The predicted molar refractivity (Wildman–Crippen MR) is 538 cm³/mol. The van der Waals surface area contributed by atoms with Crippen LogP contribution in [0.2, 0.25) is 0 Å². The van der Waals surface area contributed by atoms with Gasteiger partial charge in [-0.15, -0.1) is 0 Å². The van der Waals surface area contributed by atoms with E-state index in [0.717, 1.165) is 56.0 Å². The van der Waals surface area contributed by atoms with E-state index in [9.17, 15) is 49.5 Å². The molecular weight excluding hydrogens is 1710 g/mol. The van der Waals surface area contributed by atoms with Gasteiger partial charge in [-0.2, -0.15) is 0 Å². The van der Waals surface area contributed by atoms with E-state index >= 15 is 0 Å². The molecule has 4 aliphatic rings. The lowest BCUT2D eigenvalue weighted by Gasteiger charge is -2.30. The molecule has 0 fully saturated rings. The van der Waals surface area contributed by atoms with Crippen LogP contribution in [0.3, 0.4) is 0 Å². The average molecular weight is 1810 g/mol. The largest absolute Gasteiger partial charge is 0.507 e. The lowest BCUT2D eigenvalue weighted by atomic mass is 9.95. The molecule has 5 unspecified atom stereocenters. The van der Waals surface area contributed by atoms with E-state index < -0.39 is 17.6 Å². The van der Waals surface area contributed by atoms with Crippen molar-refractivity contribution in [3.63, 3.8) is 0 Å². The van der Waals surface area contributed by atoms with Crippen LogP contribution in [-0.2, 0) is 6.42 Å². The molecule has 0 spiro atoms. The highest BCUT2D eigenvalue weighted by molar-refractivity contribution is 6.08. The molecule has 5 N–H and O–H groups in total. The number of hydrogen-bond donors (Lipinski definition) is 5. The summed E-state index contributed by atoms with van der Waals surface area (Å²) in [5, 5.41) is 51.3. The second-order valence-corrected chi connectivity index (χ2v) is 31.7. The first-order chi connectivity index (χ1) is 67.1. The van der Waals surface area contributed by atoms with Gasteiger partial charge < -0.3 is 57.7 Å². The number of phenolic OH excluding ortho intramolecular Hbond substituents is 1. The Hall–Kier alpha value is -17.8. The standard InChI is InChI=1S/C15H12O3.C15H10O3.C15H12O2.2C15H10O2.C15H14O2.C15H12O2.C15H12O/c2*16-13-11-8-4-5-9-12(11)18-15(14(13)17)10-6-2-1-3-7-10;2*16-13-10-15(11-6-2-1-3-7-11)17-14-9-5-4-8-12(13)14;16-15-12-8-4-5-9-14(12)17-10-13(15)11-6-2-1-3-7-11;16-13-10-12-8-4-5-9-14(12)17-15(13)11-6-2-1-3-7-11;16-14-9-5-4-8-13(14)15(17)11-10-12-6-2-1-3-7-12;1-2-6-12(7-3-1)15-11-10-13-8-4-5-9-14(13)16-15/h1-9,13,16-17H;1-9,17H;1-9,15H,10H2;2*1-10H;1-9,13,15-16H,10H2;1-11,16H;1-11,15H/b;;;;;;11-10+;. The monoisotopic (exact) mass is 1800 g/mol. The third-order valence-electron chi connectivity index (χ3n) is 22.5. The van der Waals surface area contributed by atoms with Crippen molar-refractivity contribution < 1.29 is 67.3 Å². The predicted octanol–water partition coefficient (Wildman–Crippen LogP) is 26.4. The Labute approximate surface area is 789 Å². The first kappa shape index (κ1) is 92.5. The summed E-state index contributed by atoms with van der Waals surface area (Å²) >= 11 is 0. The Balaban J connectivity index is 0.000000113. The van der Waals surface area contributed by atoms with Crippen LogP contribution in [0.4, 0.5) is 0 Å². The average Bonchev–Trinajstić information content (AvgIpc) is 0.784. The number of allylic oxidation sites excluding steroid dienone is 1. The van der Waals surface area contributed by atoms with Crippen molar-refractivity contribution in [1.29, 1.82) is 0 Å². The lowest BCUT2D eigenvalue weighted by Crippen LogP contribution is -2.30. The first-order valence-electron chi connectivity index (χ1n) is 44.4. The third-order valence-corrected chi connectivity index (χ3v) is 22.5. The van der Waals surface area contributed by atoms with E-state index in [2.05, 4.69) is 30.4 Å². The van der Waals surface area contributed by atoms with Gasteiger partial charge in [0.2, 0.25) is 11.2 Å². The number of ether oxygens (including phenoxy) is 4. The number of carbonyl (C=O) groups excluding carboxylic acids is 2. The van der Waals surface area contributed by atoms with Crippen LogP contribution in [-0.4, -0.2) is 43.2 Å². The van der Waals surface area contributed by atoms with Crippen LogP contribution in [0, 0.1) is 0 Å². The minimum atomic E-state index is -1.04. The normalized spacial score (nSPS) is 14.9. The lowest BCUT2D eigenvalue weighted by molar-refractivity contribution is 0.0208. The molecule has 0 saturated heterocycles. The maximum absolute atomic E-state index is 12.3. The van der Waals surface area contributed by atoms with Crippen molar-refractivity contribution in [2.45, 2.75) is 43.4 Å². The van der Waals surface area contributed by atoms with Crippen molar-refractivity contribution in [3.8, 4) is 68.3 Å². The van der Waals surface area contributed by atoms with Crippen molar-refractivity contribution in [1.82, 2.24) is 0 Å².